The van der Waals surface area contributed by atoms with Crippen LogP contribution in [0.1, 0.15) is 0 Å². The minimum Gasteiger partial charge on any atom is -0.275 e. The van der Waals surface area contributed by atoms with E-state index < -0.39 is 22.3 Å². The van der Waals surface area contributed by atoms with Gasteiger partial charge in [-0.05, 0) is 0 Å². The van der Waals surface area contributed by atoms with Gasteiger partial charge in [0.05, 0.1) is 4.92 Å². The van der Waals surface area contributed by atoms with Gasteiger partial charge in [-0.1, -0.05) is 0 Å². The fraction of sp³-hybridized carbons (Fsp3) is 0. The van der Waals surface area contributed by atoms with Crippen molar-refractivity contribution in [2.45, 2.75) is 0 Å². The zero-order valence-corrected chi connectivity index (χ0v) is 5.11. The predicted molar refractivity (Wildman–Crippen MR) is 31.8 cm³/mol. The summed E-state index contributed by atoms with van der Waals surface area (Å²) in [6, 6.07) is 0. The van der Waals surface area contributed by atoms with Crippen molar-refractivity contribution in [1.82, 2.24) is 0 Å². The lowest BCUT2D eigenvalue weighted by Gasteiger charge is -1.86. The Morgan fingerprint density at radius 2 is 2.18 bits per heavy atom. The van der Waals surface area contributed by atoms with E-state index in [1.54, 1.807) is 0 Å². The lowest BCUT2D eigenvalue weighted by atomic mass is 10.4. The van der Waals surface area contributed by atoms with Gasteiger partial charge < -0.3 is 0 Å². The number of rotatable bonds is 2. The Morgan fingerprint density at radius 3 is 2.55 bits per heavy atom. The molecule has 56 valence electrons. The molecule has 0 unspecified atom stereocenters. The van der Waals surface area contributed by atoms with Gasteiger partial charge in [-0.3, -0.25) is 15.5 Å². The summed E-state index contributed by atoms with van der Waals surface area (Å²) in [4.78, 5) is 9.29. The van der Waals surface area contributed by atoms with Gasteiger partial charge in [0.25, 0.3) is 5.82 Å². The number of nitrogens with one attached hydrogen (secondary N) is 2. The van der Waals surface area contributed by atoms with E-state index in [1.807, 2.05) is 0 Å². The molecule has 0 amide bonds. The Balaban J connectivity index is 3.17. The van der Waals surface area contributed by atoms with Gasteiger partial charge in [-0.25, -0.2) is 5.53 Å². The summed E-state index contributed by atoms with van der Waals surface area (Å²) in [6.45, 7) is 0. The lowest BCUT2D eigenvalue weighted by Crippen LogP contribution is -2.06. The Labute approximate surface area is 59.8 Å². The molecule has 1 heterocycles. The molecular formula is C3H2N6O2. The summed E-state index contributed by atoms with van der Waals surface area (Å²) in [5.74, 6) is -0.999. The predicted octanol–water partition coefficient (Wildman–Crippen LogP) is 0.906. The average molecular weight is 154 g/mol. The first-order valence-electron chi connectivity index (χ1n) is 2.43. The van der Waals surface area contributed by atoms with Crippen LogP contribution in [0.25, 0.3) is 0 Å². The van der Waals surface area contributed by atoms with Gasteiger partial charge in [0.1, 0.15) is 0 Å². The van der Waals surface area contributed by atoms with Crippen molar-refractivity contribution >= 4 is 5.84 Å². The average Bonchev–Trinajstić information content (AvgIpc) is 2.30. The highest BCUT2D eigenvalue weighted by atomic mass is 16.6. The topological polar surface area (TPSA) is 128 Å². The molecule has 0 aromatic heterocycles. The van der Waals surface area contributed by atoms with E-state index in [1.165, 1.54) is 0 Å². The Kier molecular flexibility index (Phi) is 1.51. The van der Waals surface area contributed by atoms with Crippen LogP contribution in [-0.2, 0) is 0 Å². The third-order valence-corrected chi connectivity index (χ3v) is 0.969. The van der Waals surface area contributed by atoms with Crippen molar-refractivity contribution in [3.05, 3.63) is 21.6 Å². The van der Waals surface area contributed by atoms with E-state index in [0.29, 0.717) is 0 Å². The molecule has 0 aromatic carbocycles. The number of nitro groups is 1. The van der Waals surface area contributed by atoms with Crippen molar-refractivity contribution in [2.75, 3.05) is 0 Å². The van der Waals surface area contributed by atoms with Crippen LogP contribution < -0.4 is 0 Å². The molecular weight excluding hydrogens is 152 g/mol. The zero-order chi connectivity index (χ0) is 8.43. The monoisotopic (exact) mass is 154 g/mol. The Morgan fingerprint density at radius 1 is 1.55 bits per heavy atom. The molecule has 11 heavy (non-hydrogen) atoms. The van der Waals surface area contributed by atoms with Crippen LogP contribution in [-0.4, -0.2) is 10.8 Å². The van der Waals surface area contributed by atoms with Crippen LogP contribution in [0.5, 0.6) is 0 Å². The van der Waals surface area contributed by atoms with Crippen LogP contribution >= 0.6 is 0 Å². The van der Waals surface area contributed by atoms with E-state index in [2.05, 4.69) is 15.3 Å². The van der Waals surface area contributed by atoms with Gasteiger partial charge >= 0.3 is 5.70 Å². The fourth-order valence-electron chi connectivity index (χ4n) is 0.541. The largest absolute Gasteiger partial charge is 0.362 e. The molecule has 0 saturated heterocycles. The molecule has 8 heteroatoms. The number of amidine groups is 1. The van der Waals surface area contributed by atoms with Crippen molar-refractivity contribution in [3.8, 4) is 0 Å². The number of nitrogens with zero attached hydrogens (tertiary/aromatic N) is 4. The standard InChI is InChI=1S/C3H2N6O2/c4-2-1(9(10)11)3(6-5)8-7-2/h4-5H. The van der Waals surface area contributed by atoms with Gasteiger partial charge in [0.2, 0.25) is 5.84 Å². The van der Waals surface area contributed by atoms with Crippen molar-refractivity contribution in [3.63, 3.8) is 0 Å². The molecule has 0 aliphatic carbocycles. The maximum Gasteiger partial charge on any atom is 0.362 e. The molecule has 1 aliphatic heterocycles. The maximum absolute atomic E-state index is 10.1. The molecule has 2 N–H and O–H groups in total. The summed E-state index contributed by atoms with van der Waals surface area (Å²) in [5, 5.41) is 25.9. The van der Waals surface area contributed by atoms with E-state index >= 15 is 0 Å². The van der Waals surface area contributed by atoms with E-state index in [9.17, 15) is 10.1 Å². The van der Waals surface area contributed by atoms with Crippen molar-refractivity contribution in [1.29, 1.82) is 10.9 Å². The Bertz CT molecular complexity index is 301. The van der Waals surface area contributed by atoms with Crippen LogP contribution in [0.4, 0.5) is 0 Å². The first kappa shape index (κ1) is 7.12. The van der Waals surface area contributed by atoms with Crippen LogP contribution in [0.3, 0.4) is 0 Å². The minimum atomic E-state index is -0.838. The van der Waals surface area contributed by atoms with Gasteiger partial charge in [-0.15, -0.1) is 15.3 Å². The normalized spacial score (nSPS) is 15.8. The SMILES string of the molecule is N=NC1=C([N+](=O)[O-])C(=N)N=N1. The molecule has 1 aliphatic rings. The third-order valence-electron chi connectivity index (χ3n) is 0.969. The second-order valence-corrected chi connectivity index (χ2v) is 1.59. The van der Waals surface area contributed by atoms with Crippen molar-refractivity contribution < 1.29 is 4.92 Å². The van der Waals surface area contributed by atoms with Gasteiger partial charge in [0.15, 0.2) is 0 Å². The number of hydrogen-bond acceptors (Lipinski definition) is 6. The molecule has 0 bridgehead atoms. The highest BCUT2D eigenvalue weighted by Gasteiger charge is 2.29. The second kappa shape index (κ2) is 2.33. The molecule has 1 rings (SSSR count). The van der Waals surface area contributed by atoms with Crippen LogP contribution in [0.15, 0.2) is 26.9 Å². The van der Waals surface area contributed by atoms with E-state index in [0.717, 1.165) is 0 Å². The molecule has 0 aromatic rings. The third kappa shape index (κ3) is 1.000. The molecule has 0 saturated carbocycles. The van der Waals surface area contributed by atoms with E-state index in [-0.39, 0.29) is 0 Å². The first-order valence-corrected chi connectivity index (χ1v) is 2.43. The summed E-state index contributed by atoms with van der Waals surface area (Å²) < 4.78 is 0. The van der Waals surface area contributed by atoms with Gasteiger partial charge in [-0.2, -0.15) is 0 Å². The highest BCUT2D eigenvalue weighted by Crippen LogP contribution is 2.17. The number of hydrogen-bond donors (Lipinski definition) is 2. The van der Waals surface area contributed by atoms with Crippen LogP contribution in [0, 0.1) is 21.1 Å². The molecule has 0 fully saturated rings. The molecule has 0 radical (unpaired) electrons. The highest BCUT2D eigenvalue weighted by molar-refractivity contribution is 5.96. The second-order valence-electron chi connectivity index (χ2n) is 1.59. The smallest absolute Gasteiger partial charge is 0.275 e. The fourth-order valence-corrected chi connectivity index (χ4v) is 0.541. The Hall–Kier alpha value is -1.99. The van der Waals surface area contributed by atoms with Crippen LogP contribution in [0.2, 0.25) is 0 Å². The molecule has 0 atom stereocenters. The zero-order valence-electron chi connectivity index (χ0n) is 5.11. The summed E-state index contributed by atoms with van der Waals surface area (Å²) in [6.07, 6.45) is 0. The first-order chi connectivity index (χ1) is 5.16. The lowest BCUT2D eigenvalue weighted by molar-refractivity contribution is -0.416. The number of azo groups is 1. The molecule has 0 spiro atoms. The summed E-state index contributed by atoms with van der Waals surface area (Å²) in [7, 11) is 0. The van der Waals surface area contributed by atoms with Gasteiger partial charge in [0, 0.05) is 0 Å². The van der Waals surface area contributed by atoms with E-state index in [4.69, 9.17) is 10.9 Å². The summed E-state index contributed by atoms with van der Waals surface area (Å²) in [5.41, 5.74) is 5.80. The minimum absolute atomic E-state index is 0.431. The molecule has 8 nitrogen and oxygen atoms in total. The maximum atomic E-state index is 10.1. The summed E-state index contributed by atoms with van der Waals surface area (Å²) >= 11 is 0. The quantitative estimate of drug-likeness (QED) is 0.348. The van der Waals surface area contributed by atoms with Crippen molar-refractivity contribution in [2.24, 2.45) is 15.3 Å².